The van der Waals surface area contributed by atoms with E-state index in [0.29, 0.717) is 50.4 Å². The van der Waals surface area contributed by atoms with Gasteiger partial charge in [-0.25, -0.2) is 9.59 Å². The molecule has 1 saturated heterocycles. The van der Waals surface area contributed by atoms with Crippen molar-refractivity contribution in [3.63, 3.8) is 0 Å². The Morgan fingerprint density at radius 1 is 0.980 bits per heavy atom. The molecule has 7 amide bonds. The summed E-state index contributed by atoms with van der Waals surface area (Å²) in [7, 11) is 0. The van der Waals surface area contributed by atoms with E-state index in [0.717, 1.165) is 16.9 Å². The number of hydrogen-bond donors (Lipinski definition) is 4. The van der Waals surface area contributed by atoms with Gasteiger partial charge in [-0.1, -0.05) is 39.3 Å². The van der Waals surface area contributed by atoms with Crippen LogP contribution in [-0.4, -0.2) is 83.6 Å². The molecule has 1 aromatic rings. The molecule has 0 spiro atoms. The van der Waals surface area contributed by atoms with Gasteiger partial charge in [0.25, 0.3) is 11.8 Å². The van der Waals surface area contributed by atoms with Crippen LogP contribution in [-0.2, 0) is 35.3 Å². The number of urea groups is 1. The molecule has 0 bridgehead atoms. The molecule has 0 aliphatic carbocycles. The number of nitrogens with one attached hydrogen (secondary N) is 3. The Hall–Kier alpha value is -4.75. The third kappa shape index (κ3) is 13.0. The molecule has 0 radical (unpaired) electrons. The number of benzene rings is 1. The minimum Gasteiger partial charge on any atom is -0.445 e. The number of Topliss-reactive ketones (excluding diaryl/α,β-unsaturated/α-hetero) is 1. The van der Waals surface area contributed by atoms with E-state index in [1.807, 2.05) is 13.8 Å². The predicted molar refractivity (Wildman–Crippen MR) is 182 cm³/mol. The van der Waals surface area contributed by atoms with E-state index >= 15 is 0 Å². The Labute approximate surface area is 287 Å². The molecule has 3 rings (SSSR count). The molecule has 0 saturated carbocycles. The van der Waals surface area contributed by atoms with Gasteiger partial charge in [0.15, 0.2) is 5.78 Å². The molecule has 2 aliphatic rings. The van der Waals surface area contributed by atoms with Crippen LogP contribution in [0.15, 0.2) is 36.4 Å². The molecule has 1 fully saturated rings. The SMILES string of the molecule is CC(C)[C@H](NC(=O)CCCCCN1C(=O)C=CC1=O)C(=O)C[C@@H](CCCNC(N)=O)C(=O)Nc1ccc(COC(=O)N2CC[C@H](C)C2)cc1. The molecule has 268 valence electrons. The first-order valence-corrected chi connectivity index (χ1v) is 17.0. The molecule has 0 aromatic heterocycles. The summed E-state index contributed by atoms with van der Waals surface area (Å²) in [4.78, 5) is 89.3. The largest absolute Gasteiger partial charge is 0.445 e. The zero-order valence-corrected chi connectivity index (χ0v) is 28.7. The summed E-state index contributed by atoms with van der Waals surface area (Å²) in [5, 5.41) is 8.17. The summed E-state index contributed by atoms with van der Waals surface area (Å²) in [5.74, 6) is -2.15. The minimum absolute atomic E-state index is 0.0998. The zero-order valence-electron chi connectivity index (χ0n) is 28.7. The van der Waals surface area contributed by atoms with E-state index < -0.39 is 18.0 Å². The fourth-order valence-electron chi connectivity index (χ4n) is 5.77. The fourth-order valence-corrected chi connectivity index (χ4v) is 5.77. The van der Waals surface area contributed by atoms with Crippen molar-refractivity contribution < 1.29 is 38.3 Å². The van der Waals surface area contributed by atoms with Gasteiger partial charge >= 0.3 is 12.1 Å². The second-order valence-corrected chi connectivity index (χ2v) is 13.1. The number of nitrogens with zero attached hydrogens (tertiary/aromatic N) is 2. The van der Waals surface area contributed by atoms with Crippen LogP contribution in [0.3, 0.4) is 0 Å². The van der Waals surface area contributed by atoms with Crippen LogP contribution in [0.5, 0.6) is 0 Å². The van der Waals surface area contributed by atoms with Gasteiger partial charge in [0, 0.05) is 62.8 Å². The van der Waals surface area contributed by atoms with Crippen LogP contribution >= 0.6 is 0 Å². The van der Waals surface area contributed by atoms with Crippen LogP contribution in [0.25, 0.3) is 0 Å². The molecule has 3 atom stereocenters. The molecule has 14 heteroatoms. The summed E-state index contributed by atoms with van der Waals surface area (Å²) in [6.07, 6.45) is 5.53. The van der Waals surface area contributed by atoms with Crippen LogP contribution < -0.4 is 21.7 Å². The highest BCUT2D eigenvalue weighted by molar-refractivity contribution is 6.12. The van der Waals surface area contributed by atoms with E-state index in [-0.39, 0.29) is 80.4 Å². The van der Waals surface area contributed by atoms with Gasteiger partial charge in [-0.3, -0.25) is 28.9 Å². The Bertz CT molecular complexity index is 1360. The van der Waals surface area contributed by atoms with E-state index in [9.17, 15) is 33.6 Å². The smallest absolute Gasteiger partial charge is 0.410 e. The lowest BCUT2D eigenvalue weighted by Crippen LogP contribution is -2.45. The minimum atomic E-state index is -0.803. The molecule has 5 N–H and O–H groups in total. The summed E-state index contributed by atoms with van der Waals surface area (Å²) < 4.78 is 5.43. The number of likely N-dealkylation sites (tertiary alicyclic amines) is 1. The maximum atomic E-state index is 13.5. The van der Waals surface area contributed by atoms with Gasteiger partial charge in [0.1, 0.15) is 6.61 Å². The zero-order chi connectivity index (χ0) is 35.9. The number of ether oxygens (including phenoxy) is 1. The number of hydrogen-bond acceptors (Lipinski definition) is 8. The average Bonchev–Trinajstić information content (AvgIpc) is 3.64. The average molecular weight is 683 g/mol. The summed E-state index contributed by atoms with van der Waals surface area (Å²) in [6, 6.07) is 5.40. The van der Waals surface area contributed by atoms with Crippen molar-refractivity contribution in [1.82, 2.24) is 20.4 Å². The van der Waals surface area contributed by atoms with Crippen molar-refractivity contribution in [2.45, 2.75) is 84.8 Å². The lowest BCUT2D eigenvalue weighted by atomic mass is 9.89. The van der Waals surface area contributed by atoms with E-state index in [2.05, 4.69) is 22.9 Å². The molecule has 1 aromatic carbocycles. The van der Waals surface area contributed by atoms with Gasteiger partial charge in [-0.15, -0.1) is 0 Å². The Kier molecular flexibility index (Phi) is 15.2. The van der Waals surface area contributed by atoms with E-state index in [1.54, 1.807) is 29.2 Å². The standard InChI is InChI=1S/C35H50N6O8/c1-23(2)32(39-29(43)9-5-4-6-18-41-30(44)14-15-31(41)45)28(42)20-26(8-7-17-37-34(36)47)33(46)38-27-12-10-25(11-13-27)22-49-35(48)40-19-16-24(3)21-40/h10-15,23-24,26,32H,4-9,16-22H2,1-3H3,(H,38,46)(H,39,43)(H3,36,37,47)/t24-,26+,32-/m0/s1. The summed E-state index contributed by atoms with van der Waals surface area (Å²) >= 11 is 0. The monoisotopic (exact) mass is 682 g/mol. The highest BCUT2D eigenvalue weighted by Crippen LogP contribution is 2.21. The lowest BCUT2D eigenvalue weighted by molar-refractivity contribution is -0.137. The van der Waals surface area contributed by atoms with Crippen molar-refractivity contribution in [2.75, 3.05) is 31.5 Å². The quantitative estimate of drug-likeness (QED) is 0.126. The first kappa shape index (κ1) is 38.7. The van der Waals surface area contributed by atoms with Gasteiger partial charge in [0.05, 0.1) is 6.04 Å². The van der Waals surface area contributed by atoms with Crippen molar-refractivity contribution in [3.8, 4) is 0 Å². The van der Waals surface area contributed by atoms with Crippen LogP contribution in [0.2, 0.25) is 0 Å². The highest BCUT2D eigenvalue weighted by Gasteiger charge is 2.30. The molecule has 2 heterocycles. The van der Waals surface area contributed by atoms with Crippen LogP contribution in [0.4, 0.5) is 15.3 Å². The third-order valence-corrected chi connectivity index (χ3v) is 8.63. The second kappa shape index (κ2) is 19.3. The Morgan fingerprint density at radius 2 is 1.67 bits per heavy atom. The highest BCUT2D eigenvalue weighted by atomic mass is 16.6. The number of primary amides is 1. The number of anilines is 1. The first-order chi connectivity index (χ1) is 23.3. The number of carbonyl (C=O) groups is 7. The van der Waals surface area contributed by atoms with Gasteiger partial charge in [-0.2, -0.15) is 0 Å². The maximum absolute atomic E-state index is 13.5. The lowest BCUT2D eigenvalue weighted by Gasteiger charge is -2.24. The van der Waals surface area contributed by atoms with Crippen molar-refractivity contribution in [1.29, 1.82) is 0 Å². The maximum Gasteiger partial charge on any atom is 0.410 e. The number of ketones is 1. The number of rotatable bonds is 19. The Balaban J connectivity index is 1.51. The molecule has 0 unspecified atom stereocenters. The molecule has 49 heavy (non-hydrogen) atoms. The third-order valence-electron chi connectivity index (χ3n) is 8.63. The number of imide groups is 1. The topological polar surface area (TPSA) is 197 Å². The van der Waals surface area contributed by atoms with Crippen molar-refractivity contribution >= 4 is 47.2 Å². The molecular weight excluding hydrogens is 632 g/mol. The number of unbranched alkanes of at least 4 members (excludes halogenated alkanes) is 2. The first-order valence-electron chi connectivity index (χ1n) is 17.0. The molecule has 14 nitrogen and oxygen atoms in total. The fraction of sp³-hybridized carbons (Fsp3) is 0.571. The summed E-state index contributed by atoms with van der Waals surface area (Å²) in [5.41, 5.74) is 6.43. The number of amides is 7. The normalized spacial score (nSPS) is 16.9. The molecular formula is C35H50N6O8. The predicted octanol–water partition coefficient (Wildman–Crippen LogP) is 3.25. The summed E-state index contributed by atoms with van der Waals surface area (Å²) in [6.45, 7) is 7.72. The van der Waals surface area contributed by atoms with Gasteiger partial charge in [-0.05, 0) is 61.6 Å². The molecule has 2 aliphatic heterocycles. The van der Waals surface area contributed by atoms with E-state index in [1.165, 1.54) is 12.2 Å². The van der Waals surface area contributed by atoms with Gasteiger partial charge in [0.2, 0.25) is 11.8 Å². The number of carbonyl (C=O) groups excluding carboxylic acids is 7. The van der Waals surface area contributed by atoms with Gasteiger partial charge < -0.3 is 31.3 Å². The van der Waals surface area contributed by atoms with Crippen molar-refractivity contribution in [3.05, 3.63) is 42.0 Å². The van der Waals surface area contributed by atoms with Crippen molar-refractivity contribution in [2.24, 2.45) is 23.5 Å². The number of nitrogens with two attached hydrogens (primary N) is 1. The van der Waals surface area contributed by atoms with Crippen LogP contribution in [0, 0.1) is 17.8 Å². The Morgan fingerprint density at radius 3 is 2.29 bits per heavy atom. The van der Waals surface area contributed by atoms with Crippen LogP contribution in [0.1, 0.15) is 77.7 Å². The second-order valence-electron chi connectivity index (χ2n) is 13.1. The van der Waals surface area contributed by atoms with E-state index in [4.69, 9.17) is 10.5 Å².